The van der Waals surface area contributed by atoms with E-state index in [2.05, 4.69) is 0 Å². The third-order valence-electron chi connectivity index (χ3n) is 2.04. The van der Waals surface area contributed by atoms with Gasteiger partial charge in [-0.1, -0.05) is 19.1 Å². The van der Waals surface area contributed by atoms with Gasteiger partial charge >= 0.3 is 11.9 Å². The van der Waals surface area contributed by atoms with Crippen molar-refractivity contribution in [1.29, 1.82) is 0 Å². The molecule has 0 spiro atoms. The fourth-order valence-corrected chi connectivity index (χ4v) is 1.30. The molecule has 4 heteroatoms. The molecule has 1 aliphatic rings. The lowest BCUT2D eigenvalue weighted by Crippen LogP contribution is -2.16. The Hall–Kier alpha value is -1.58. The van der Waals surface area contributed by atoms with Gasteiger partial charge in [0.25, 0.3) is 0 Å². The highest BCUT2D eigenvalue weighted by Crippen LogP contribution is 2.24. The maximum atomic E-state index is 10.6. The summed E-state index contributed by atoms with van der Waals surface area (Å²) in [4.78, 5) is 21.1. The molecular formula is C9H10O4. The van der Waals surface area contributed by atoms with Gasteiger partial charge in [-0.25, -0.2) is 9.59 Å². The summed E-state index contributed by atoms with van der Waals surface area (Å²) in [7, 11) is 0. The van der Waals surface area contributed by atoms with E-state index in [0.717, 1.165) is 0 Å². The smallest absolute Gasteiger partial charge is 0.331 e. The van der Waals surface area contributed by atoms with Crippen LogP contribution in [0.15, 0.2) is 23.3 Å². The molecule has 13 heavy (non-hydrogen) atoms. The molecule has 0 aromatic carbocycles. The molecule has 2 N–H and O–H groups in total. The largest absolute Gasteiger partial charge is 0.478 e. The first-order valence-electron chi connectivity index (χ1n) is 3.89. The van der Waals surface area contributed by atoms with Crippen molar-refractivity contribution in [1.82, 2.24) is 0 Å². The van der Waals surface area contributed by atoms with Crippen LogP contribution in [0, 0.1) is 5.92 Å². The first kappa shape index (κ1) is 9.51. The molecule has 0 heterocycles. The molecule has 4 nitrogen and oxygen atoms in total. The van der Waals surface area contributed by atoms with Crippen molar-refractivity contribution in [3.8, 4) is 0 Å². The molecule has 0 amide bonds. The van der Waals surface area contributed by atoms with Crippen LogP contribution in [0.2, 0.25) is 0 Å². The number of hydrogen-bond donors (Lipinski definition) is 2. The third kappa shape index (κ3) is 1.96. The summed E-state index contributed by atoms with van der Waals surface area (Å²) in [6.07, 6.45) is 3.00. The molecule has 0 bridgehead atoms. The average molecular weight is 182 g/mol. The second kappa shape index (κ2) is 3.43. The molecule has 1 aliphatic carbocycles. The normalized spacial score (nSPS) is 21.8. The van der Waals surface area contributed by atoms with Crippen molar-refractivity contribution in [2.24, 2.45) is 5.92 Å². The zero-order chi connectivity index (χ0) is 10.0. The van der Waals surface area contributed by atoms with Gasteiger partial charge in [0.1, 0.15) is 0 Å². The zero-order valence-electron chi connectivity index (χ0n) is 7.15. The SMILES string of the molecule is CC1CC(C(=O)O)=CC=C1C(=O)O. The van der Waals surface area contributed by atoms with E-state index >= 15 is 0 Å². The second-order valence-electron chi connectivity index (χ2n) is 3.03. The van der Waals surface area contributed by atoms with Crippen LogP contribution in [-0.2, 0) is 9.59 Å². The lowest BCUT2D eigenvalue weighted by atomic mass is 9.88. The molecule has 0 aromatic heterocycles. The number of carboxylic acid groups (broad SMARTS) is 2. The quantitative estimate of drug-likeness (QED) is 0.669. The van der Waals surface area contributed by atoms with E-state index in [4.69, 9.17) is 10.2 Å². The third-order valence-corrected chi connectivity index (χ3v) is 2.04. The van der Waals surface area contributed by atoms with Gasteiger partial charge in [-0.15, -0.1) is 0 Å². The maximum Gasteiger partial charge on any atom is 0.331 e. The Morgan fingerprint density at radius 2 is 1.92 bits per heavy atom. The van der Waals surface area contributed by atoms with Gasteiger partial charge in [0.2, 0.25) is 0 Å². The van der Waals surface area contributed by atoms with Crippen molar-refractivity contribution >= 4 is 11.9 Å². The molecule has 0 fully saturated rings. The Morgan fingerprint density at radius 3 is 2.31 bits per heavy atom. The van der Waals surface area contributed by atoms with E-state index in [-0.39, 0.29) is 23.5 Å². The Kier molecular flexibility index (Phi) is 2.51. The summed E-state index contributed by atoms with van der Waals surface area (Å²) < 4.78 is 0. The number of hydrogen-bond acceptors (Lipinski definition) is 2. The molecule has 70 valence electrons. The highest BCUT2D eigenvalue weighted by atomic mass is 16.4. The molecule has 0 aromatic rings. The summed E-state index contributed by atoms with van der Waals surface area (Å²) in [5, 5.41) is 17.3. The van der Waals surface area contributed by atoms with Crippen LogP contribution in [0.1, 0.15) is 13.3 Å². The minimum absolute atomic E-state index is 0.228. The monoisotopic (exact) mass is 182 g/mol. The van der Waals surface area contributed by atoms with Gasteiger partial charge in [-0.05, 0) is 12.3 Å². The molecule has 0 saturated carbocycles. The summed E-state index contributed by atoms with van der Waals surface area (Å²) in [6, 6.07) is 0. The van der Waals surface area contributed by atoms with Crippen molar-refractivity contribution in [3.05, 3.63) is 23.3 Å². The lowest BCUT2D eigenvalue weighted by molar-refractivity contribution is -0.135. The van der Waals surface area contributed by atoms with Crippen molar-refractivity contribution in [2.45, 2.75) is 13.3 Å². The minimum atomic E-state index is -0.979. The van der Waals surface area contributed by atoms with E-state index < -0.39 is 11.9 Å². The van der Waals surface area contributed by atoms with E-state index in [1.165, 1.54) is 12.2 Å². The molecule has 0 saturated heterocycles. The van der Waals surface area contributed by atoms with Crippen LogP contribution in [0.4, 0.5) is 0 Å². The van der Waals surface area contributed by atoms with Crippen molar-refractivity contribution in [3.63, 3.8) is 0 Å². The number of carboxylic acids is 2. The first-order chi connectivity index (χ1) is 6.02. The molecule has 0 radical (unpaired) electrons. The Morgan fingerprint density at radius 1 is 1.31 bits per heavy atom. The van der Waals surface area contributed by atoms with E-state index in [1.807, 2.05) is 0 Å². The summed E-state index contributed by atoms with van der Waals surface area (Å²) in [5.41, 5.74) is 0.530. The number of allylic oxidation sites excluding steroid dienone is 2. The van der Waals surface area contributed by atoms with Gasteiger partial charge in [-0.3, -0.25) is 0 Å². The van der Waals surface area contributed by atoms with Gasteiger partial charge in [-0.2, -0.15) is 0 Å². The van der Waals surface area contributed by atoms with Crippen LogP contribution in [0.5, 0.6) is 0 Å². The van der Waals surface area contributed by atoms with Crippen molar-refractivity contribution in [2.75, 3.05) is 0 Å². The molecule has 1 atom stereocenters. The summed E-state index contributed by atoms with van der Waals surface area (Å²) in [5.74, 6) is -2.19. The standard InChI is InChI=1S/C9H10O4/c1-5-4-6(8(10)11)2-3-7(5)9(12)13/h2-3,5H,4H2,1H3,(H,10,11)(H,12,13). The van der Waals surface area contributed by atoms with E-state index in [1.54, 1.807) is 6.92 Å². The fourth-order valence-electron chi connectivity index (χ4n) is 1.30. The fraction of sp³-hybridized carbons (Fsp3) is 0.333. The van der Waals surface area contributed by atoms with Crippen LogP contribution >= 0.6 is 0 Å². The van der Waals surface area contributed by atoms with Gasteiger partial charge in [0, 0.05) is 11.1 Å². The highest BCUT2D eigenvalue weighted by Gasteiger charge is 2.22. The Labute approximate surface area is 75.2 Å². The topological polar surface area (TPSA) is 74.6 Å². The minimum Gasteiger partial charge on any atom is -0.478 e. The molecular weight excluding hydrogens is 172 g/mol. The predicted octanol–water partition coefficient (Wildman–Crippen LogP) is 1.05. The number of carbonyl (C=O) groups is 2. The average Bonchev–Trinajstić information content (AvgIpc) is 2.03. The van der Waals surface area contributed by atoms with Crippen molar-refractivity contribution < 1.29 is 19.8 Å². The van der Waals surface area contributed by atoms with Gasteiger partial charge < -0.3 is 10.2 Å². The Bertz CT molecular complexity index is 312. The molecule has 0 aliphatic heterocycles. The summed E-state index contributed by atoms with van der Waals surface area (Å²) in [6.45, 7) is 1.70. The van der Waals surface area contributed by atoms with E-state index in [9.17, 15) is 9.59 Å². The van der Waals surface area contributed by atoms with Crippen LogP contribution in [-0.4, -0.2) is 22.2 Å². The molecule has 1 unspecified atom stereocenters. The van der Waals surface area contributed by atoms with Gasteiger partial charge in [0.05, 0.1) is 0 Å². The first-order valence-corrected chi connectivity index (χ1v) is 3.89. The van der Waals surface area contributed by atoms with Crippen LogP contribution in [0.25, 0.3) is 0 Å². The van der Waals surface area contributed by atoms with Gasteiger partial charge in [0.15, 0.2) is 0 Å². The van der Waals surface area contributed by atoms with E-state index in [0.29, 0.717) is 0 Å². The summed E-state index contributed by atoms with van der Waals surface area (Å²) >= 11 is 0. The van der Waals surface area contributed by atoms with Crippen LogP contribution in [0.3, 0.4) is 0 Å². The predicted molar refractivity (Wildman–Crippen MR) is 45.2 cm³/mol. The highest BCUT2D eigenvalue weighted by molar-refractivity contribution is 5.92. The lowest BCUT2D eigenvalue weighted by Gasteiger charge is -2.16. The number of aliphatic carboxylic acids is 2. The number of rotatable bonds is 2. The second-order valence-corrected chi connectivity index (χ2v) is 3.03. The maximum absolute atomic E-state index is 10.6. The zero-order valence-corrected chi connectivity index (χ0v) is 7.15. The Balaban J connectivity index is 2.93. The molecule has 1 rings (SSSR count). The van der Waals surface area contributed by atoms with Crippen LogP contribution < -0.4 is 0 Å².